The molecular formula is C24H40O4. The highest BCUT2D eigenvalue weighted by Gasteiger charge is 2.62. The summed E-state index contributed by atoms with van der Waals surface area (Å²) in [6.45, 7) is 6.67. The van der Waals surface area contributed by atoms with Crippen LogP contribution in [0.2, 0.25) is 0 Å². The van der Waals surface area contributed by atoms with Gasteiger partial charge in [0, 0.05) is 7.79 Å². The Balaban J connectivity index is 1.67. The second-order valence-electron chi connectivity index (χ2n) is 11.0. The molecule has 0 spiro atoms. The zero-order valence-corrected chi connectivity index (χ0v) is 17.8. The number of fused-ring (bicyclic) bond motifs is 5. The monoisotopic (exact) mass is 394 g/mol. The molecule has 160 valence electrons. The van der Waals surface area contributed by atoms with Gasteiger partial charge < -0.3 is 15.3 Å². The molecule has 0 aromatic heterocycles. The Kier molecular flexibility index (Phi) is 4.72. The van der Waals surface area contributed by atoms with Crippen LogP contribution in [0.1, 0.15) is 87.7 Å². The lowest BCUT2D eigenvalue weighted by Gasteiger charge is -2.62. The van der Waals surface area contributed by atoms with E-state index in [0.29, 0.717) is 18.8 Å². The van der Waals surface area contributed by atoms with Crippen LogP contribution in [0.5, 0.6) is 0 Å². The maximum Gasteiger partial charge on any atom is 0.303 e. The van der Waals surface area contributed by atoms with Crippen LogP contribution in [0, 0.1) is 46.3 Å². The lowest BCUT2D eigenvalue weighted by atomic mass is 9.43. The average Bonchev–Trinajstić information content (AvgIpc) is 3.00. The van der Waals surface area contributed by atoms with Gasteiger partial charge in [-0.2, -0.15) is 0 Å². The first kappa shape index (κ1) is 18.2. The predicted molar refractivity (Wildman–Crippen MR) is 109 cm³/mol. The highest BCUT2D eigenvalue weighted by Crippen LogP contribution is 2.68. The molecule has 4 saturated carbocycles. The van der Waals surface area contributed by atoms with Crippen LogP contribution >= 0.6 is 0 Å². The predicted octanol–water partition coefficient (Wildman–Crippen LogP) is 4.48. The fourth-order valence-electron chi connectivity index (χ4n) is 8.09. The van der Waals surface area contributed by atoms with E-state index < -0.39 is 17.9 Å². The summed E-state index contributed by atoms with van der Waals surface area (Å²) in [7, 11) is 0. The van der Waals surface area contributed by atoms with Crippen LogP contribution < -0.4 is 0 Å². The van der Waals surface area contributed by atoms with Gasteiger partial charge in [0.1, 0.15) is 0 Å². The van der Waals surface area contributed by atoms with Crippen LogP contribution in [0.25, 0.3) is 0 Å². The molecule has 0 saturated heterocycles. The molecule has 3 N–H and O–H groups in total. The molecule has 0 bridgehead atoms. The lowest BCUT2D eigenvalue weighted by molar-refractivity contribution is -0.174. The van der Waals surface area contributed by atoms with Gasteiger partial charge in [-0.25, -0.2) is 0 Å². The molecule has 4 heteroatoms. The Hall–Kier alpha value is -0.610. The Morgan fingerprint density at radius 2 is 1.75 bits per heavy atom. The van der Waals surface area contributed by atoms with E-state index in [9.17, 15) is 16.4 Å². The molecule has 5 unspecified atom stereocenters. The summed E-state index contributed by atoms with van der Waals surface area (Å²) >= 11 is 0. The van der Waals surface area contributed by atoms with E-state index >= 15 is 0 Å². The zero-order valence-electron chi connectivity index (χ0n) is 19.8. The fourth-order valence-corrected chi connectivity index (χ4v) is 8.09. The molecule has 4 rings (SSSR count). The van der Waals surface area contributed by atoms with Crippen LogP contribution in [-0.4, -0.2) is 33.5 Å². The normalized spacial score (nSPS) is 58.0. The molecule has 4 nitrogen and oxygen atoms in total. The Labute approximate surface area is 172 Å². The van der Waals surface area contributed by atoms with Gasteiger partial charge in [-0.15, -0.1) is 0 Å². The van der Waals surface area contributed by atoms with Crippen molar-refractivity contribution >= 4 is 5.97 Å². The molecule has 0 amide bonds. The average molecular weight is 395 g/mol. The maximum absolute atomic E-state index is 11.5. The largest absolute Gasteiger partial charge is 0.481 e. The molecule has 0 aromatic carbocycles. The van der Waals surface area contributed by atoms with E-state index in [1.54, 1.807) is 0 Å². The van der Waals surface area contributed by atoms with Gasteiger partial charge in [-0.3, -0.25) is 4.79 Å². The summed E-state index contributed by atoms with van der Waals surface area (Å²) in [4.78, 5) is 11.1. The third-order valence-corrected chi connectivity index (χ3v) is 9.71. The molecule has 10 atom stereocenters. The van der Waals surface area contributed by atoms with Crippen molar-refractivity contribution in [2.75, 3.05) is 0 Å². The van der Waals surface area contributed by atoms with Crippen LogP contribution in [0.4, 0.5) is 0 Å². The molecule has 4 aliphatic rings. The Bertz CT molecular complexity index is 699. The topological polar surface area (TPSA) is 77.8 Å². The highest BCUT2D eigenvalue weighted by atomic mass is 16.4. The van der Waals surface area contributed by atoms with Gasteiger partial charge in [0.25, 0.3) is 0 Å². The molecule has 28 heavy (non-hydrogen) atoms. The number of aliphatic hydroxyl groups is 2. The van der Waals surface area contributed by atoms with Crippen molar-refractivity contribution in [3.05, 3.63) is 0 Å². The van der Waals surface area contributed by atoms with Gasteiger partial charge in [-0.1, -0.05) is 20.8 Å². The van der Waals surface area contributed by atoms with Crippen molar-refractivity contribution in [1.29, 1.82) is 0 Å². The van der Waals surface area contributed by atoms with Crippen LogP contribution in [0.3, 0.4) is 0 Å². The van der Waals surface area contributed by atoms with Gasteiger partial charge in [0.2, 0.25) is 0 Å². The third kappa shape index (κ3) is 3.14. The van der Waals surface area contributed by atoms with Crippen LogP contribution in [0.15, 0.2) is 0 Å². The zero-order chi connectivity index (χ0) is 22.1. The van der Waals surface area contributed by atoms with E-state index in [2.05, 4.69) is 20.8 Å². The summed E-state index contributed by atoms with van der Waals surface area (Å²) in [5.41, 5.74) is -0.217. The lowest BCUT2D eigenvalue weighted by Crippen LogP contribution is -2.58. The van der Waals surface area contributed by atoms with E-state index in [0.717, 1.165) is 38.5 Å². The molecule has 4 aliphatic carbocycles. The highest BCUT2D eigenvalue weighted by molar-refractivity contribution is 5.66. The number of aliphatic hydroxyl groups excluding tert-OH is 1. The van der Waals surface area contributed by atoms with Crippen molar-refractivity contribution in [3.63, 3.8) is 0 Å². The number of carboxylic acids is 1. The molecule has 0 aliphatic heterocycles. The summed E-state index contributed by atoms with van der Waals surface area (Å²) in [6.07, 6.45) is 4.89. The molecule has 4 fully saturated rings. The minimum atomic E-state index is -1.80. The number of aliphatic carboxylic acids is 1. The summed E-state index contributed by atoms with van der Waals surface area (Å²) in [5.74, 6) is -1.30. The SMILES string of the molecule is [2H]C1(O)C[C@@H]2C[C@H](O)CCC2(C)C2CCC3(C)[C@@H](C(C)CCC(=O)O)CC[C@H]3[C@@]21[2H]. The number of hydrogen-bond donors (Lipinski definition) is 3. The summed E-state index contributed by atoms with van der Waals surface area (Å²) in [6, 6.07) is 0. The minimum absolute atomic E-state index is 0.0232. The quantitative estimate of drug-likeness (QED) is 0.657. The van der Waals surface area contributed by atoms with Gasteiger partial charge in [0.15, 0.2) is 0 Å². The molecular weight excluding hydrogens is 352 g/mol. The van der Waals surface area contributed by atoms with Gasteiger partial charge in [-0.05, 0) is 104 Å². The van der Waals surface area contributed by atoms with Crippen molar-refractivity contribution < 1.29 is 22.9 Å². The van der Waals surface area contributed by atoms with Crippen LogP contribution in [-0.2, 0) is 4.79 Å². The van der Waals surface area contributed by atoms with E-state index in [-0.39, 0.29) is 53.4 Å². The van der Waals surface area contributed by atoms with E-state index in [4.69, 9.17) is 6.48 Å². The van der Waals surface area contributed by atoms with Crippen molar-refractivity contribution in [2.45, 2.75) is 97.2 Å². The standard InChI is InChI=1S/C24H40O4/c1-14(4-7-21(27)28)17-5-6-18-22-19(9-11-24(17,18)3)23(2)10-8-16(25)12-15(23)13-20(22)26/h14-20,22,25-26H,4-13H2,1-3H3,(H,27,28)/t14?,15-,16+,17+,18-,19?,20?,22-,23?,24?/m0/s1/i20D,22D. The van der Waals surface area contributed by atoms with Gasteiger partial charge in [0.05, 0.1) is 13.6 Å². The summed E-state index contributed by atoms with van der Waals surface area (Å²) in [5, 5.41) is 30.8. The summed E-state index contributed by atoms with van der Waals surface area (Å²) < 4.78 is 18.7. The van der Waals surface area contributed by atoms with Crippen molar-refractivity contribution in [1.82, 2.24) is 0 Å². The number of carboxylic acid groups (broad SMARTS) is 1. The first-order chi connectivity index (χ1) is 13.9. The smallest absolute Gasteiger partial charge is 0.303 e. The van der Waals surface area contributed by atoms with Crippen molar-refractivity contribution in [2.24, 2.45) is 46.3 Å². The second kappa shape index (κ2) is 7.27. The minimum Gasteiger partial charge on any atom is -0.481 e. The van der Waals surface area contributed by atoms with Gasteiger partial charge >= 0.3 is 5.97 Å². The van der Waals surface area contributed by atoms with E-state index in [1.807, 2.05) is 0 Å². The molecule has 0 radical (unpaired) electrons. The first-order valence-electron chi connectivity index (χ1n) is 12.5. The number of carbonyl (C=O) groups is 1. The number of hydrogen-bond acceptors (Lipinski definition) is 3. The second-order valence-corrected chi connectivity index (χ2v) is 11.0. The number of rotatable bonds is 4. The van der Waals surface area contributed by atoms with Crippen molar-refractivity contribution in [3.8, 4) is 0 Å². The van der Waals surface area contributed by atoms with E-state index in [1.165, 1.54) is 0 Å². The Morgan fingerprint density at radius 3 is 2.46 bits per heavy atom. The first-order valence-corrected chi connectivity index (χ1v) is 11.5. The third-order valence-electron chi connectivity index (χ3n) is 9.71. The fraction of sp³-hybridized carbons (Fsp3) is 0.958. The molecule has 0 heterocycles. The molecule has 0 aromatic rings. The maximum atomic E-state index is 11.5. The Morgan fingerprint density at radius 1 is 1.07 bits per heavy atom.